The lowest BCUT2D eigenvalue weighted by atomic mass is 9.93. The van der Waals surface area contributed by atoms with E-state index >= 15 is 0 Å². The number of pyridine rings is 1. The van der Waals surface area contributed by atoms with Crippen molar-refractivity contribution in [2.45, 2.75) is 31.8 Å². The van der Waals surface area contributed by atoms with Crippen LogP contribution in [0.2, 0.25) is 0 Å². The van der Waals surface area contributed by atoms with Crippen LogP contribution in [0.5, 0.6) is 0 Å². The maximum Gasteiger partial charge on any atom is 0.0313 e. The van der Waals surface area contributed by atoms with Crippen molar-refractivity contribution in [2.24, 2.45) is 11.5 Å². The highest BCUT2D eigenvalue weighted by atomic mass is 14.7. The molecule has 0 spiro atoms. The summed E-state index contributed by atoms with van der Waals surface area (Å²) in [6.45, 7) is 3.96. The van der Waals surface area contributed by atoms with Crippen LogP contribution in [-0.4, -0.2) is 10.5 Å². The molecule has 72 valence electrons. The van der Waals surface area contributed by atoms with Crippen molar-refractivity contribution < 1.29 is 0 Å². The normalized spacial score (nSPS) is 14.2. The van der Waals surface area contributed by atoms with Crippen molar-refractivity contribution in [3.8, 4) is 0 Å². The van der Waals surface area contributed by atoms with Crippen molar-refractivity contribution in [1.29, 1.82) is 0 Å². The molecule has 0 saturated heterocycles. The zero-order chi connectivity index (χ0) is 9.90. The summed E-state index contributed by atoms with van der Waals surface area (Å²) in [5.74, 6) is 0. The summed E-state index contributed by atoms with van der Waals surface area (Å²) in [6, 6.07) is 3.86. The lowest BCUT2D eigenvalue weighted by molar-refractivity contribution is 0.429. The minimum absolute atomic E-state index is 0.00278. The summed E-state index contributed by atoms with van der Waals surface area (Å²) in [6.07, 6.45) is 4.27. The van der Waals surface area contributed by atoms with Crippen LogP contribution in [0, 0.1) is 0 Å². The van der Waals surface area contributed by atoms with Crippen LogP contribution >= 0.6 is 0 Å². The molecular formula is C10H17N3. The van der Waals surface area contributed by atoms with Gasteiger partial charge in [-0.05, 0) is 38.0 Å². The summed E-state index contributed by atoms with van der Waals surface area (Å²) in [5, 5.41) is 0. The Kier molecular flexibility index (Phi) is 3.01. The van der Waals surface area contributed by atoms with Gasteiger partial charge in [0.2, 0.25) is 0 Å². The van der Waals surface area contributed by atoms with Gasteiger partial charge in [0.05, 0.1) is 0 Å². The van der Waals surface area contributed by atoms with Crippen LogP contribution in [0.15, 0.2) is 24.5 Å². The average molecular weight is 179 g/mol. The van der Waals surface area contributed by atoms with Crippen LogP contribution in [0.25, 0.3) is 0 Å². The number of hydrogen-bond donors (Lipinski definition) is 2. The van der Waals surface area contributed by atoms with E-state index in [1.54, 1.807) is 12.4 Å². The van der Waals surface area contributed by atoms with Gasteiger partial charge in [0.25, 0.3) is 0 Å². The van der Waals surface area contributed by atoms with E-state index in [9.17, 15) is 0 Å². The maximum absolute atomic E-state index is 5.97. The number of nitrogens with zero attached hydrogens (tertiary/aromatic N) is 1. The minimum Gasteiger partial charge on any atom is -0.325 e. The first-order valence-corrected chi connectivity index (χ1v) is 4.43. The lowest BCUT2D eigenvalue weighted by Crippen LogP contribution is -2.35. The Labute approximate surface area is 79.2 Å². The van der Waals surface area contributed by atoms with Crippen LogP contribution in [0.3, 0.4) is 0 Å². The fourth-order valence-corrected chi connectivity index (χ4v) is 1.30. The number of aromatic nitrogens is 1. The van der Waals surface area contributed by atoms with Gasteiger partial charge in [-0.25, -0.2) is 0 Å². The Bertz CT molecular complexity index is 251. The van der Waals surface area contributed by atoms with Crippen molar-refractivity contribution >= 4 is 0 Å². The molecule has 0 fully saturated rings. The van der Waals surface area contributed by atoms with E-state index in [4.69, 9.17) is 11.5 Å². The molecule has 1 rings (SSSR count). The molecule has 3 heteroatoms. The van der Waals surface area contributed by atoms with Crippen molar-refractivity contribution in [2.75, 3.05) is 0 Å². The van der Waals surface area contributed by atoms with E-state index < -0.39 is 0 Å². The quantitative estimate of drug-likeness (QED) is 0.733. The number of hydrogen-bond acceptors (Lipinski definition) is 3. The fourth-order valence-electron chi connectivity index (χ4n) is 1.30. The first kappa shape index (κ1) is 10.2. The summed E-state index contributed by atoms with van der Waals surface area (Å²) in [7, 11) is 0. The lowest BCUT2D eigenvalue weighted by Gasteiger charge is -2.23. The van der Waals surface area contributed by atoms with Crippen molar-refractivity contribution in [1.82, 2.24) is 4.98 Å². The molecular weight excluding hydrogens is 162 g/mol. The van der Waals surface area contributed by atoms with Crippen LogP contribution in [0.1, 0.15) is 31.9 Å². The molecule has 1 aromatic heterocycles. The topological polar surface area (TPSA) is 64.9 Å². The molecule has 0 aromatic carbocycles. The number of rotatable bonds is 3. The summed E-state index contributed by atoms with van der Waals surface area (Å²) in [5.41, 5.74) is 12.7. The van der Waals surface area contributed by atoms with Gasteiger partial charge in [0, 0.05) is 24.0 Å². The smallest absolute Gasteiger partial charge is 0.0313 e. The van der Waals surface area contributed by atoms with E-state index in [0.717, 1.165) is 12.0 Å². The second kappa shape index (κ2) is 3.85. The van der Waals surface area contributed by atoms with Gasteiger partial charge in [0.1, 0.15) is 0 Å². The molecule has 4 N–H and O–H groups in total. The Hall–Kier alpha value is -0.930. The molecule has 0 saturated carbocycles. The monoisotopic (exact) mass is 179 g/mol. The van der Waals surface area contributed by atoms with Gasteiger partial charge < -0.3 is 11.5 Å². The second-order valence-corrected chi connectivity index (χ2v) is 4.08. The second-order valence-electron chi connectivity index (χ2n) is 4.08. The Morgan fingerprint density at radius 2 is 1.92 bits per heavy atom. The Balaban J connectivity index is 2.64. The van der Waals surface area contributed by atoms with Gasteiger partial charge in [-0.1, -0.05) is 0 Å². The van der Waals surface area contributed by atoms with Gasteiger partial charge in [-0.2, -0.15) is 0 Å². The van der Waals surface area contributed by atoms with Crippen LogP contribution < -0.4 is 11.5 Å². The van der Waals surface area contributed by atoms with Crippen LogP contribution in [0.4, 0.5) is 0 Å². The highest BCUT2D eigenvalue weighted by Gasteiger charge is 2.16. The molecule has 0 aliphatic carbocycles. The van der Waals surface area contributed by atoms with Crippen LogP contribution in [-0.2, 0) is 0 Å². The van der Waals surface area contributed by atoms with E-state index in [-0.39, 0.29) is 11.6 Å². The molecule has 0 radical (unpaired) electrons. The van der Waals surface area contributed by atoms with Gasteiger partial charge in [-0.15, -0.1) is 0 Å². The predicted octanol–water partition coefficient (Wildman–Crippen LogP) is 1.21. The minimum atomic E-state index is -0.220. The highest BCUT2D eigenvalue weighted by molar-refractivity contribution is 5.15. The van der Waals surface area contributed by atoms with E-state index in [1.807, 2.05) is 26.0 Å². The molecule has 0 bridgehead atoms. The first-order valence-electron chi connectivity index (χ1n) is 4.43. The third-order valence-electron chi connectivity index (χ3n) is 1.88. The molecule has 0 amide bonds. The summed E-state index contributed by atoms with van der Waals surface area (Å²) in [4.78, 5) is 3.94. The maximum atomic E-state index is 5.97. The van der Waals surface area contributed by atoms with Crippen molar-refractivity contribution in [3.05, 3.63) is 30.1 Å². The molecule has 13 heavy (non-hydrogen) atoms. The van der Waals surface area contributed by atoms with E-state index in [1.165, 1.54) is 0 Å². The summed E-state index contributed by atoms with van der Waals surface area (Å²) < 4.78 is 0. The fraction of sp³-hybridized carbons (Fsp3) is 0.500. The zero-order valence-corrected chi connectivity index (χ0v) is 8.20. The molecule has 1 unspecified atom stereocenters. The van der Waals surface area contributed by atoms with Gasteiger partial charge in [0.15, 0.2) is 0 Å². The third-order valence-corrected chi connectivity index (χ3v) is 1.88. The van der Waals surface area contributed by atoms with E-state index in [2.05, 4.69) is 4.98 Å². The van der Waals surface area contributed by atoms with E-state index in [0.29, 0.717) is 0 Å². The zero-order valence-electron chi connectivity index (χ0n) is 8.20. The Morgan fingerprint density at radius 3 is 2.38 bits per heavy atom. The molecule has 1 atom stereocenters. The van der Waals surface area contributed by atoms with Gasteiger partial charge >= 0.3 is 0 Å². The third kappa shape index (κ3) is 3.53. The van der Waals surface area contributed by atoms with Gasteiger partial charge in [-0.3, -0.25) is 4.98 Å². The molecule has 1 heterocycles. The first-order chi connectivity index (χ1) is 5.99. The molecule has 3 nitrogen and oxygen atoms in total. The molecule has 0 aliphatic rings. The SMILES string of the molecule is CC(C)(N)CC(N)c1ccncc1. The predicted molar refractivity (Wildman–Crippen MR) is 54.0 cm³/mol. The highest BCUT2D eigenvalue weighted by Crippen LogP contribution is 2.18. The standard InChI is InChI=1S/C10H17N3/c1-10(2,12)7-9(11)8-3-5-13-6-4-8/h3-6,9H,7,11-12H2,1-2H3. The number of nitrogens with two attached hydrogens (primary N) is 2. The molecule has 1 aromatic rings. The summed E-state index contributed by atoms with van der Waals surface area (Å²) >= 11 is 0. The van der Waals surface area contributed by atoms with Crippen molar-refractivity contribution in [3.63, 3.8) is 0 Å². The molecule has 0 aliphatic heterocycles. The Morgan fingerprint density at radius 1 is 1.38 bits per heavy atom. The largest absolute Gasteiger partial charge is 0.325 e. The average Bonchev–Trinajstić information content (AvgIpc) is 2.03.